The van der Waals surface area contributed by atoms with Crippen LogP contribution in [0.1, 0.15) is 26.5 Å². The van der Waals surface area contributed by atoms with E-state index in [2.05, 4.69) is 10.6 Å². The van der Waals surface area contributed by atoms with E-state index in [9.17, 15) is 9.59 Å². The molecule has 0 atom stereocenters. The van der Waals surface area contributed by atoms with Crippen LogP contribution in [0.2, 0.25) is 0 Å². The largest absolute Gasteiger partial charge is 0.467 e. The van der Waals surface area contributed by atoms with E-state index in [1.54, 1.807) is 49.8 Å². The van der Waals surface area contributed by atoms with Crippen LogP contribution in [0.15, 0.2) is 47.1 Å². The first-order chi connectivity index (χ1) is 10.7. The van der Waals surface area contributed by atoms with E-state index in [-0.39, 0.29) is 11.8 Å². The second-order valence-corrected chi connectivity index (χ2v) is 4.59. The second kappa shape index (κ2) is 7.99. The number of methoxy groups -OCH3 is 1. The van der Waals surface area contributed by atoms with E-state index in [0.29, 0.717) is 36.6 Å². The molecule has 0 fully saturated rings. The average molecular weight is 302 g/mol. The highest BCUT2D eigenvalue weighted by atomic mass is 16.5. The smallest absolute Gasteiger partial charge is 0.251 e. The Balaban J connectivity index is 1.87. The molecule has 0 spiro atoms. The number of hydrogen-bond donors (Lipinski definition) is 2. The van der Waals surface area contributed by atoms with Crippen molar-refractivity contribution in [1.82, 2.24) is 10.6 Å². The van der Waals surface area contributed by atoms with Crippen LogP contribution in [-0.2, 0) is 11.3 Å². The van der Waals surface area contributed by atoms with Gasteiger partial charge < -0.3 is 19.8 Å². The number of benzene rings is 1. The molecule has 22 heavy (non-hydrogen) atoms. The van der Waals surface area contributed by atoms with Crippen molar-refractivity contribution >= 4 is 11.8 Å². The van der Waals surface area contributed by atoms with Crippen molar-refractivity contribution in [3.05, 3.63) is 59.5 Å². The van der Waals surface area contributed by atoms with Crippen LogP contribution >= 0.6 is 0 Å². The summed E-state index contributed by atoms with van der Waals surface area (Å²) in [6.07, 6.45) is 1.55. The summed E-state index contributed by atoms with van der Waals surface area (Å²) in [4.78, 5) is 23.8. The van der Waals surface area contributed by atoms with E-state index in [0.717, 1.165) is 0 Å². The van der Waals surface area contributed by atoms with Crippen LogP contribution in [0.25, 0.3) is 0 Å². The third kappa shape index (κ3) is 4.46. The van der Waals surface area contributed by atoms with E-state index in [1.807, 2.05) is 0 Å². The number of carbonyl (C=O) groups excluding carboxylic acids is 2. The fourth-order valence-electron chi connectivity index (χ4n) is 1.82. The number of hydrogen-bond acceptors (Lipinski definition) is 4. The minimum atomic E-state index is -0.220. The summed E-state index contributed by atoms with van der Waals surface area (Å²) in [6.45, 7) is 1.23. The van der Waals surface area contributed by atoms with Crippen molar-refractivity contribution < 1.29 is 18.7 Å². The van der Waals surface area contributed by atoms with Crippen LogP contribution in [0.3, 0.4) is 0 Å². The highest BCUT2D eigenvalue weighted by Crippen LogP contribution is 2.06. The van der Waals surface area contributed by atoms with Crippen LogP contribution in [0.4, 0.5) is 0 Å². The van der Waals surface area contributed by atoms with Crippen LogP contribution in [0.5, 0.6) is 0 Å². The summed E-state index contributed by atoms with van der Waals surface area (Å²) < 4.78 is 10.0. The summed E-state index contributed by atoms with van der Waals surface area (Å²) >= 11 is 0. The summed E-state index contributed by atoms with van der Waals surface area (Å²) in [5, 5.41) is 5.46. The topological polar surface area (TPSA) is 80.6 Å². The third-order valence-corrected chi connectivity index (χ3v) is 3.00. The van der Waals surface area contributed by atoms with Gasteiger partial charge in [0.15, 0.2) is 0 Å². The lowest BCUT2D eigenvalue weighted by Crippen LogP contribution is -2.27. The van der Waals surface area contributed by atoms with Gasteiger partial charge >= 0.3 is 0 Å². The Bertz CT molecular complexity index is 606. The van der Waals surface area contributed by atoms with Gasteiger partial charge in [0.25, 0.3) is 11.8 Å². The fraction of sp³-hybridized carbons (Fsp3) is 0.250. The normalized spacial score (nSPS) is 10.2. The number of amides is 2. The van der Waals surface area contributed by atoms with E-state index in [1.165, 1.54) is 0 Å². The van der Waals surface area contributed by atoms with E-state index in [4.69, 9.17) is 9.15 Å². The van der Waals surface area contributed by atoms with Crippen LogP contribution < -0.4 is 10.6 Å². The first-order valence-corrected chi connectivity index (χ1v) is 6.88. The molecule has 0 aliphatic heterocycles. The zero-order valence-electron chi connectivity index (χ0n) is 12.3. The van der Waals surface area contributed by atoms with Crippen molar-refractivity contribution in [1.29, 1.82) is 0 Å². The van der Waals surface area contributed by atoms with Gasteiger partial charge in [0, 0.05) is 24.8 Å². The Labute approximate surface area is 128 Å². The molecule has 1 aromatic heterocycles. The monoisotopic (exact) mass is 302 g/mol. The van der Waals surface area contributed by atoms with Gasteiger partial charge in [0.2, 0.25) is 0 Å². The molecule has 0 unspecified atom stereocenters. The lowest BCUT2D eigenvalue weighted by atomic mass is 10.1. The van der Waals surface area contributed by atoms with Gasteiger partial charge in [-0.15, -0.1) is 0 Å². The Morgan fingerprint density at radius 2 is 1.68 bits per heavy atom. The van der Waals surface area contributed by atoms with Gasteiger partial charge in [-0.1, -0.05) is 0 Å². The highest BCUT2D eigenvalue weighted by Gasteiger charge is 2.09. The number of carbonyl (C=O) groups is 2. The number of furan rings is 1. The van der Waals surface area contributed by atoms with Crippen molar-refractivity contribution in [2.24, 2.45) is 0 Å². The molecular formula is C16H18N2O4. The van der Waals surface area contributed by atoms with Gasteiger partial charge in [0.1, 0.15) is 5.76 Å². The van der Waals surface area contributed by atoms with Crippen molar-refractivity contribution in [2.45, 2.75) is 6.54 Å². The second-order valence-electron chi connectivity index (χ2n) is 4.59. The zero-order chi connectivity index (χ0) is 15.8. The molecule has 1 aromatic carbocycles. The molecule has 0 aliphatic rings. The number of rotatable bonds is 7. The Kier molecular flexibility index (Phi) is 5.73. The molecule has 0 bridgehead atoms. The predicted octanol–water partition coefficient (Wildman–Crippen LogP) is 1.59. The summed E-state index contributed by atoms with van der Waals surface area (Å²) in [6, 6.07) is 10.0. The van der Waals surface area contributed by atoms with Crippen molar-refractivity contribution in [2.75, 3.05) is 20.3 Å². The first-order valence-electron chi connectivity index (χ1n) is 6.88. The lowest BCUT2D eigenvalue weighted by molar-refractivity contribution is 0.0930. The quantitative estimate of drug-likeness (QED) is 0.761. The molecule has 2 rings (SSSR count). The number of nitrogens with one attached hydrogen (secondary N) is 2. The molecule has 0 radical (unpaired) electrons. The average Bonchev–Trinajstić information content (AvgIpc) is 3.06. The Hall–Kier alpha value is -2.60. The predicted molar refractivity (Wildman–Crippen MR) is 80.5 cm³/mol. The third-order valence-electron chi connectivity index (χ3n) is 3.00. The molecule has 0 saturated carbocycles. The van der Waals surface area contributed by atoms with Gasteiger partial charge in [-0.2, -0.15) is 0 Å². The van der Waals surface area contributed by atoms with Gasteiger partial charge in [-0.05, 0) is 36.4 Å². The molecule has 2 aromatic rings. The SMILES string of the molecule is COCCNC(=O)c1ccc(C(=O)NCc2ccco2)cc1. The van der Waals surface area contributed by atoms with Gasteiger partial charge in [0.05, 0.1) is 19.4 Å². The molecule has 116 valence electrons. The fourth-order valence-corrected chi connectivity index (χ4v) is 1.82. The standard InChI is InChI=1S/C16H18N2O4/c1-21-10-8-17-15(19)12-4-6-13(7-5-12)16(20)18-11-14-3-2-9-22-14/h2-7,9H,8,10-11H2,1H3,(H,17,19)(H,18,20). The van der Waals surface area contributed by atoms with Crippen molar-refractivity contribution in [3.63, 3.8) is 0 Å². The summed E-state index contributed by atoms with van der Waals surface area (Å²) in [5.41, 5.74) is 0.985. The van der Waals surface area contributed by atoms with E-state index < -0.39 is 0 Å². The maximum absolute atomic E-state index is 12.0. The Morgan fingerprint density at radius 3 is 2.23 bits per heavy atom. The zero-order valence-corrected chi connectivity index (χ0v) is 12.3. The molecule has 2 amide bonds. The number of ether oxygens (including phenoxy) is 1. The molecular weight excluding hydrogens is 284 g/mol. The lowest BCUT2D eigenvalue weighted by Gasteiger charge is -2.06. The van der Waals surface area contributed by atoms with Crippen LogP contribution in [0, 0.1) is 0 Å². The molecule has 2 N–H and O–H groups in total. The summed E-state index contributed by atoms with van der Waals surface area (Å²) in [7, 11) is 1.57. The molecule has 1 heterocycles. The maximum Gasteiger partial charge on any atom is 0.251 e. The first kappa shape index (κ1) is 15.8. The molecule has 6 nitrogen and oxygen atoms in total. The van der Waals surface area contributed by atoms with E-state index >= 15 is 0 Å². The molecule has 0 aliphatic carbocycles. The van der Waals surface area contributed by atoms with Gasteiger partial charge in [-0.25, -0.2) is 0 Å². The minimum Gasteiger partial charge on any atom is -0.467 e. The minimum absolute atomic E-state index is 0.195. The van der Waals surface area contributed by atoms with Gasteiger partial charge in [-0.3, -0.25) is 9.59 Å². The Morgan fingerprint density at radius 1 is 1.05 bits per heavy atom. The van der Waals surface area contributed by atoms with Crippen molar-refractivity contribution in [3.8, 4) is 0 Å². The summed E-state index contributed by atoms with van der Waals surface area (Å²) in [5.74, 6) is 0.268. The van der Waals surface area contributed by atoms with Crippen LogP contribution in [-0.4, -0.2) is 32.1 Å². The molecule has 0 saturated heterocycles. The highest BCUT2D eigenvalue weighted by molar-refractivity contribution is 5.97. The maximum atomic E-state index is 12.0. The molecule has 6 heteroatoms.